The molecule has 0 spiro atoms. The van der Waals surface area contributed by atoms with Gasteiger partial charge in [0, 0.05) is 28.4 Å². The van der Waals surface area contributed by atoms with Crippen molar-refractivity contribution >= 4 is 56.3 Å². The molecule has 4 amide bonds. The van der Waals surface area contributed by atoms with Crippen LogP contribution in [-0.4, -0.2) is 32.8 Å². The number of nitrogens with zero attached hydrogens (tertiary/aromatic N) is 1. The van der Waals surface area contributed by atoms with Crippen LogP contribution in [0.3, 0.4) is 0 Å². The Hall–Kier alpha value is -3.74. The fourth-order valence-electron chi connectivity index (χ4n) is 4.12. The molecule has 5 rings (SSSR count). The largest absolute Gasteiger partial charge is 0.384 e. The summed E-state index contributed by atoms with van der Waals surface area (Å²) in [5.74, 6) is -1.03. The summed E-state index contributed by atoms with van der Waals surface area (Å²) >= 11 is 1.05. The third-order valence-corrected chi connectivity index (χ3v) is 8.65. The Morgan fingerprint density at radius 1 is 1.14 bits per heavy atom. The van der Waals surface area contributed by atoms with Gasteiger partial charge in [-0.3, -0.25) is 9.59 Å². The van der Waals surface area contributed by atoms with E-state index < -0.39 is 33.9 Å². The Kier molecular flexibility index (Phi) is 5.58. The first-order valence-electron chi connectivity index (χ1n) is 10.7. The normalized spacial score (nSPS) is 17.0. The van der Waals surface area contributed by atoms with Crippen molar-refractivity contribution in [2.24, 2.45) is 5.73 Å². The molecule has 2 aliphatic heterocycles. The summed E-state index contributed by atoms with van der Waals surface area (Å²) < 4.78 is 26.6. The number of hydrogen-bond donors (Lipinski definition) is 4. The van der Waals surface area contributed by atoms with Gasteiger partial charge >= 0.3 is 6.03 Å². The van der Waals surface area contributed by atoms with E-state index in [2.05, 4.69) is 10.6 Å². The molecule has 0 fully saturated rings. The van der Waals surface area contributed by atoms with Crippen LogP contribution in [0.4, 0.5) is 21.9 Å². The molecule has 0 saturated carbocycles. The summed E-state index contributed by atoms with van der Waals surface area (Å²) in [5.41, 5.74) is 9.50. The number of hydrogen-bond acceptors (Lipinski definition) is 8. The van der Waals surface area contributed by atoms with E-state index in [4.69, 9.17) is 5.73 Å². The van der Waals surface area contributed by atoms with E-state index in [0.717, 1.165) is 45.3 Å². The Labute approximate surface area is 205 Å². The molecule has 2 aliphatic rings. The van der Waals surface area contributed by atoms with Crippen LogP contribution in [0.25, 0.3) is 0 Å². The first-order valence-corrected chi connectivity index (χ1v) is 13.0. The van der Waals surface area contributed by atoms with Crippen LogP contribution in [0.5, 0.6) is 0 Å². The van der Waals surface area contributed by atoms with Crippen LogP contribution in [0.2, 0.25) is 0 Å². The fraction of sp³-hybridized carbons (Fsp3) is 0.174. The summed E-state index contributed by atoms with van der Waals surface area (Å²) in [6.07, 6.45) is 0.781. The summed E-state index contributed by atoms with van der Waals surface area (Å²) in [5, 5.41) is 5.66. The van der Waals surface area contributed by atoms with E-state index in [1.54, 1.807) is 25.1 Å². The Bertz CT molecular complexity index is 1480. The molecule has 12 heteroatoms. The zero-order valence-electron chi connectivity index (χ0n) is 18.5. The van der Waals surface area contributed by atoms with Crippen LogP contribution in [0.15, 0.2) is 52.7 Å². The van der Waals surface area contributed by atoms with Crippen LogP contribution >= 0.6 is 11.3 Å². The number of nitrogens with one attached hydrogen (secondary N) is 3. The summed E-state index contributed by atoms with van der Waals surface area (Å²) in [6.45, 7) is 2.52. The van der Waals surface area contributed by atoms with E-state index in [0.29, 0.717) is 11.1 Å². The lowest BCUT2D eigenvalue weighted by Crippen LogP contribution is -2.47. The number of thiophene rings is 1. The first-order chi connectivity index (χ1) is 16.6. The number of anilines is 3. The highest BCUT2D eigenvalue weighted by atomic mass is 32.2. The molecule has 2 aromatic carbocycles. The fourth-order valence-corrected chi connectivity index (χ4v) is 6.31. The molecule has 180 valence electrons. The highest BCUT2D eigenvalue weighted by Gasteiger charge is 2.39. The van der Waals surface area contributed by atoms with Gasteiger partial charge in [0.25, 0.3) is 21.8 Å². The second kappa shape index (κ2) is 8.48. The molecule has 0 bridgehead atoms. The second-order valence-corrected chi connectivity index (χ2v) is 11.4. The zero-order valence-corrected chi connectivity index (χ0v) is 20.1. The molecule has 1 atom stereocenters. The molecule has 1 unspecified atom stereocenters. The predicted molar refractivity (Wildman–Crippen MR) is 132 cm³/mol. The molecule has 35 heavy (non-hydrogen) atoms. The number of carbonyl (C=O) groups is 3. The molecule has 0 saturated heterocycles. The molecule has 3 heterocycles. The number of imide groups is 1. The Morgan fingerprint density at radius 3 is 2.57 bits per heavy atom. The number of carbonyl (C=O) groups excluding carboxylic acids is 3. The van der Waals surface area contributed by atoms with Gasteiger partial charge in [-0.1, -0.05) is 0 Å². The number of rotatable bonds is 4. The third kappa shape index (κ3) is 4.16. The minimum atomic E-state index is -4.00. The Balaban J connectivity index is 1.33. The van der Waals surface area contributed by atoms with Gasteiger partial charge in [0.2, 0.25) is 0 Å². The van der Waals surface area contributed by atoms with Crippen molar-refractivity contribution in [2.75, 3.05) is 22.1 Å². The minimum Gasteiger partial charge on any atom is -0.384 e. The van der Waals surface area contributed by atoms with Gasteiger partial charge in [-0.25, -0.2) is 22.8 Å². The molecule has 5 N–H and O–H groups in total. The van der Waals surface area contributed by atoms with Crippen molar-refractivity contribution in [3.63, 3.8) is 0 Å². The molecule has 0 radical (unpaired) electrons. The minimum absolute atomic E-state index is 0.0284. The predicted octanol–water partition coefficient (Wildman–Crippen LogP) is 2.72. The maximum absolute atomic E-state index is 13.2. The number of nitrogens with two attached hydrogens (primary N) is 1. The summed E-state index contributed by atoms with van der Waals surface area (Å²) in [7, 11) is -4.00. The average molecular weight is 512 g/mol. The third-order valence-electron chi connectivity index (χ3n) is 5.83. The van der Waals surface area contributed by atoms with Crippen molar-refractivity contribution in [1.82, 2.24) is 4.72 Å². The second-order valence-electron chi connectivity index (χ2n) is 8.20. The topological polar surface area (TPSA) is 151 Å². The number of urea groups is 1. The van der Waals surface area contributed by atoms with Gasteiger partial charge in [-0.2, -0.15) is 0 Å². The maximum atomic E-state index is 13.2. The quantitative estimate of drug-likeness (QED) is 0.393. The highest BCUT2D eigenvalue weighted by Crippen LogP contribution is 2.35. The maximum Gasteiger partial charge on any atom is 0.333 e. The van der Waals surface area contributed by atoms with E-state index >= 15 is 0 Å². The van der Waals surface area contributed by atoms with Crippen molar-refractivity contribution in [3.8, 4) is 0 Å². The first kappa shape index (κ1) is 23.0. The SMILES string of the molecule is Cc1ccc(S(=O)(=O)NC(=O)Nc2ccc(N3C(=O)c4cc5c(cc4C(N)C3=O)NCC5)cc2)s1. The van der Waals surface area contributed by atoms with Crippen LogP contribution < -0.4 is 26.0 Å². The number of amides is 4. The smallest absolute Gasteiger partial charge is 0.333 e. The lowest BCUT2D eigenvalue weighted by atomic mass is 9.91. The number of aryl methyl sites for hydroxylation is 1. The monoisotopic (exact) mass is 511 g/mol. The van der Waals surface area contributed by atoms with Gasteiger partial charge in [-0.05, 0) is 73.0 Å². The van der Waals surface area contributed by atoms with Gasteiger partial charge in [0.05, 0.1) is 5.69 Å². The standard InChI is InChI=1S/C23H21N5O5S2/c1-12-2-7-19(34-12)35(32,33)27-23(31)26-14-3-5-15(6-4-14)28-21(29)17-10-13-8-9-25-18(13)11-16(17)20(24)22(28)30/h2-7,10-11,20,25H,8-9,24H2,1H3,(H2,26,27,31). The number of sulfonamides is 1. The summed E-state index contributed by atoms with van der Waals surface area (Å²) in [4.78, 5) is 40.2. The van der Waals surface area contributed by atoms with Gasteiger partial charge in [-0.15, -0.1) is 11.3 Å². The molecular formula is C23H21N5O5S2. The van der Waals surface area contributed by atoms with E-state index in [1.165, 1.54) is 30.3 Å². The van der Waals surface area contributed by atoms with Crippen molar-refractivity contribution in [3.05, 3.63) is 70.1 Å². The van der Waals surface area contributed by atoms with Gasteiger partial charge in [0.15, 0.2) is 0 Å². The van der Waals surface area contributed by atoms with Crippen molar-refractivity contribution < 1.29 is 22.8 Å². The van der Waals surface area contributed by atoms with Gasteiger partial charge in [0.1, 0.15) is 10.3 Å². The molecule has 3 aromatic rings. The lowest BCUT2D eigenvalue weighted by molar-refractivity contribution is -0.119. The molecule has 10 nitrogen and oxygen atoms in total. The van der Waals surface area contributed by atoms with E-state index in [1.807, 2.05) is 4.72 Å². The molecular weight excluding hydrogens is 490 g/mol. The molecule has 1 aromatic heterocycles. The van der Waals surface area contributed by atoms with Gasteiger partial charge < -0.3 is 16.4 Å². The Morgan fingerprint density at radius 2 is 1.89 bits per heavy atom. The van der Waals surface area contributed by atoms with E-state index in [9.17, 15) is 22.8 Å². The molecule has 0 aliphatic carbocycles. The number of fused-ring (bicyclic) bond motifs is 2. The zero-order chi connectivity index (χ0) is 24.9. The highest BCUT2D eigenvalue weighted by molar-refractivity contribution is 7.92. The van der Waals surface area contributed by atoms with Crippen LogP contribution in [0, 0.1) is 6.92 Å². The number of benzene rings is 2. The lowest BCUT2D eigenvalue weighted by Gasteiger charge is -2.31. The van der Waals surface area contributed by atoms with Crippen LogP contribution in [0.1, 0.15) is 32.4 Å². The van der Waals surface area contributed by atoms with Crippen molar-refractivity contribution in [2.45, 2.75) is 23.6 Å². The summed E-state index contributed by atoms with van der Waals surface area (Å²) in [6, 6.07) is 10.6. The van der Waals surface area contributed by atoms with E-state index in [-0.39, 0.29) is 15.6 Å². The average Bonchev–Trinajstić information content (AvgIpc) is 3.46. The van der Waals surface area contributed by atoms with Crippen molar-refractivity contribution in [1.29, 1.82) is 0 Å². The van der Waals surface area contributed by atoms with Crippen LogP contribution in [-0.2, 0) is 21.2 Å².